The number of aromatic nitrogens is 1. The van der Waals surface area contributed by atoms with Gasteiger partial charge in [-0.25, -0.2) is 9.78 Å². The van der Waals surface area contributed by atoms with E-state index in [1.807, 2.05) is 0 Å². The molecule has 2 amide bonds. The molecule has 0 aliphatic rings. The highest BCUT2D eigenvalue weighted by Crippen LogP contribution is 2.39. The average Bonchev–Trinajstić information content (AvgIpc) is 2.73. The molecule has 3 rings (SSSR count). The highest BCUT2D eigenvalue weighted by Gasteiger charge is 2.35. The van der Waals surface area contributed by atoms with Crippen molar-refractivity contribution in [3.63, 3.8) is 0 Å². The second-order valence-corrected chi connectivity index (χ2v) is 7.17. The van der Waals surface area contributed by atoms with E-state index in [1.54, 1.807) is 0 Å². The zero-order valence-electron chi connectivity index (χ0n) is 17.1. The minimum Gasteiger partial charge on any atom is -0.406 e. The van der Waals surface area contributed by atoms with Crippen molar-refractivity contribution in [1.82, 2.24) is 4.98 Å². The summed E-state index contributed by atoms with van der Waals surface area (Å²) < 4.78 is 80.3. The van der Waals surface area contributed by atoms with Crippen LogP contribution >= 0.6 is 11.6 Å². The van der Waals surface area contributed by atoms with E-state index in [1.165, 1.54) is 48.3 Å². The van der Waals surface area contributed by atoms with Crippen LogP contribution in [0.4, 0.5) is 53.9 Å². The summed E-state index contributed by atoms with van der Waals surface area (Å²) in [5, 5.41) is 4.82. The molecule has 1 heterocycles. The number of alkyl halides is 6. The Morgan fingerprint density at radius 2 is 1.47 bits per heavy atom. The topological polar surface area (TPSA) is 66.5 Å². The van der Waals surface area contributed by atoms with Crippen molar-refractivity contribution in [3.8, 4) is 5.75 Å². The number of urea groups is 1. The molecule has 0 aliphatic carbocycles. The van der Waals surface area contributed by atoms with E-state index in [-0.39, 0.29) is 16.5 Å². The fourth-order valence-electron chi connectivity index (χ4n) is 2.86. The van der Waals surface area contributed by atoms with Gasteiger partial charge in [0.25, 0.3) is 0 Å². The van der Waals surface area contributed by atoms with Crippen LogP contribution in [0.5, 0.6) is 5.75 Å². The molecule has 2 aromatic carbocycles. The Morgan fingerprint density at radius 1 is 0.941 bits per heavy atom. The number of carbonyl (C=O) groups is 1. The molecule has 0 aliphatic heterocycles. The lowest BCUT2D eigenvalue weighted by Crippen LogP contribution is -2.20. The molecule has 0 fully saturated rings. The smallest absolute Gasteiger partial charge is 0.406 e. The van der Waals surface area contributed by atoms with Crippen LogP contribution in [-0.2, 0) is 6.18 Å². The molecule has 0 saturated heterocycles. The van der Waals surface area contributed by atoms with Gasteiger partial charge in [0.15, 0.2) is 0 Å². The first-order valence-electron chi connectivity index (χ1n) is 9.32. The fourth-order valence-corrected chi connectivity index (χ4v) is 3.01. The molecule has 6 nitrogen and oxygen atoms in total. The minimum atomic E-state index is -4.83. The van der Waals surface area contributed by atoms with Gasteiger partial charge in [-0.05, 0) is 54.6 Å². The number of anilines is 4. The minimum absolute atomic E-state index is 0.109. The van der Waals surface area contributed by atoms with Crippen LogP contribution < -0.4 is 20.3 Å². The molecule has 0 unspecified atom stereocenters. The molecule has 0 radical (unpaired) electrons. The monoisotopic (exact) mass is 504 g/mol. The standard InChI is InChI=1S/C21H15ClF6N4O2/c1-32(17-10-18(22)29-11-16(17)20(23,24)25)14-6-2-12(3-7-14)30-19(33)31-13-4-8-15(9-5-13)34-21(26,27)28/h2-11H,1H3,(H2,30,31,33). The van der Waals surface area contributed by atoms with Gasteiger partial charge in [-0.15, -0.1) is 13.2 Å². The van der Waals surface area contributed by atoms with Crippen molar-refractivity contribution >= 4 is 40.4 Å². The number of amides is 2. The van der Waals surface area contributed by atoms with Crippen LogP contribution in [0.1, 0.15) is 5.56 Å². The van der Waals surface area contributed by atoms with E-state index in [0.717, 1.165) is 18.2 Å². The average molecular weight is 505 g/mol. The Balaban J connectivity index is 1.66. The molecular formula is C21H15ClF6N4O2. The Hall–Kier alpha value is -3.67. The van der Waals surface area contributed by atoms with Crippen LogP contribution in [0.3, 0.4) is 0 Å². The Bertz CT molecular complexity index is 1150. The molecular weight excluding hydrogens is 490 g/mol. The van der Waals surface area contributed by atoms with Gasteiger partial charge in [0, 0.05) is 30.3 Å². The summed E-state index contributed by atoms with van der Waals surface area (Å²) in [7, 11) is 1.42. The van der Waals surface area contributed by atoms with Crippen LogP contribution in [0, 0.1) is 0 Å². The third-order valence-corrected chi connectivity index (χ3v) is 4.58. The number of nitrogens with zero attached hydrogens (tertiary/aromatic N) is 2. The van der Waals surface area contributed by atoms with Crippen LogP contribution in [-0.4, -0.2) is 24.4 Å². The van der Waals surface area contributed by atoms with Crippen LogP contribution in [0.2, 0.25) is 5.15 Å². The first kappa shape index (κ1) is 25.0. The second-order valence-electron chi connectivity index (χ2n) is 6.78. The summed E-state index contributed by atoms with van der Waals surface area (Å²) in [6, 6.07) is 10.8. The molecule has 180 valence electrons. The van der Waals surface area contributed by atoms with E-state index < -0.39 is 29.9 Å². The maximum absolute atomic E-state index is 13.3. The molecule has 0 bridgehead atoms. The number of hydrogen-bond donors (Lipinski definition) is 2. The largest absolute Gasteiger partial charge is 0.573 e. The fraction of sp³-hybridized carbons (Fsp3) is 0.143. The quantitative estimate of drug-likeness (QED) is 0.288. The van der Waals surface area contributed by atoms with Gasteiger partial charge in [-0.2, -0.15) is 13.2 Å². The maximum Gasteiger partial charge on any atom is 0.573 e. The summed E-state index contributed by atoms with van der Waals surface area (Å²) in [6.45, 7) is 0. The van der Waals surface area contributed by atoms with Crippen molar-refractivity contribution in [1.29, 1.82) is 0 Å². The maximum atomic E-state index is 13.3. The van der Waals surface area contributed by atoms with Gasteiger partial charge in [0.2, 0.25) is 0 Å². The lowest BCUT2D eigenvalue weighted by atomic mass is 10.2. The SMILES string of the molecule is CN(c1ccc(NC(=O)Nc2ccc(OC(F)(F)F)cc2)cc1)c1cc(Cl)ncc1C(F)(F)F. The molecule has 2 N–H and O–H groups in total. The summed E-state index contributed by atoms with van der Waals surface area (Å²) in [5.41, 5.74) is -0.274. The molecule has 0 atom stereocenters. The van der Waals surface area contributed by atoms with Crippen LogP contribution in [0.25, 0.3) is 0 Å². The summed E-state index contributed by atoms with van der Waals surface area (Å²) in [4.78, 5) is 16.9. The van der Waals surface area contributed by atoms with Gasteiger partial charge in [-0.3, -0.25) is 0 Å². The van der Waals surface area contributed by atoms with Crippen molar-refractivity contribution in [2.24, 2.45) is 0 Å². The van der Waals surface area contributed by atoms with E-state index in [2.05, 4.69) is 20.4 Å². The number of benzene rings is 2. The Labute approximate surface area is 194 Å². The van der Waals surface area contributed by atoms with Crippen molar-refractivity contribution in [2.75, 3.05) is 22.6 Å². The number of halogens is 7. The third-order valence-electron chi connectivity index (χ3n) is 4.37. The lowest BCUT2D eigenvalue weighted by molar-refractivity contribution is -0.274. The number of ether oxygens (including phenoxy) is 1. The molecule has 0 spiro atoms. The Morgan fingerprint density at radius 3 is 1.97 bits per heavy atom. The normalized spacial score (nSPS) is 11.6. The highest BCUT2D eigenvalue weighted by molar-refractivity contribution is 6.29. The summed E-state index contributed by atoms with van der Waals surface area (Å²) in [6.07, 6.45) is -8.82. The predicted molar refractivity (Wildman–Crippen MR) is 115 cm³/mol. The number of pyridine rings is 1. The first-order valence-corrected chi connectivity index (χ1v) is 9.70. The van der Waals surface area contributed by atoms with E-state index in [4.69, 9.17) is 11.6 Å². The van der Waals surface area contributed by atoms with Gasteiger partial charge in [-0.1, -0.05) is 11.6 Å². The number of rotatable bonds is 5. The highest BCUT2D eigenvalue weighted by atomic mass is 35.5. The predicted octanol–water partition coefficient (Wildman–Crippen LogP) is 7.06. The number of carbonyl (C=O) groups excluding carboxylic acids is 1. The Kier molecular flexibility index (Phi) is 7.10. The third kappa shape index (κ3) is 6.67. The second kappa shape index (κ2) is 9.67. The number of hydrogen-bond acceptors (Lipinski definition) is 4. The van der Waals surface area contributed by atoms with Gasteiger partial charge < -0.3 is 20.3 Å². The zero-order chi connectivity index (χ0) is 25.1. The van der Waals surface area contributed by atoms with Crippen molar-refractivity contribution in [2.45, 2.75) is 12.5 Å². The van der Waals surface area contributed by atoms with Gasteiger partial charge >= 0.3 is 18.6 Å². The van der Waals surface area contributed by atoms with Gasteiger partial charge in [0.1, 0.15) is 10.9 Å². The number of nitrogens with one attached hydrogen (secondary N) is 2. The molecule has 3 aromatic rings. The van der Waals surface area contributed by atoms with Gasteiger partial charge in [0.05, 0.1) is 11.3 Å². The van der Waals surface area contributed by atoms with E-state index in [9.17, 15) is 31.1 Å². The summed E-state index contributed by atoms with van der Waals surface area (Å²) in [5.74, 6) is -0.442. The molecule has 1 aromatic heterocycles. The van der Waals surface area contributed by atoms with Crippen molar-refractivity contribution < 1.29 is 35.9 Å². The first-order chi connectivity index (χ1) is 15.8. The lowest BCUT2D eigenvalue weighted by Gasteiger charge is -2.23. The molecule has 34 heavy (non-hydrogen) atoms. The van der Waals surface area contributed by atoms with E-state index in [0.29, 0.717) is 17.6 Å². The molecule has 13 heteroatoms. The zero-order valence-corrected chi connectivity index (χ0v) is 17.9. The molecule has 0 saturated carbocycles. The van der Waals surface area contributed by atoms with Crippen LogP contribution in [0.15, 0.2) is 60.8 Å². The summed E-state index contributed by atoms with van der Waals surface area (Å²) >= 11 is 5.77. The van der Waals surface area contributed by atoms with E-state index >= 15 is 0 Å². The van der Waals surface area contributed by atoms with Crippen molar-refractivity contribution in [3.05, 3.63) is 71.5 Å².